The van der Waals surface area contributed by atoms with E-state index in [1.54, 1.807) is 0 Å². The normalized spacial score (nSPS) is 28.5. The summed E-state index contributed by atoms with van der Waals surface area (Å²) in [6.07, 6.45) is 0. The van der Waals surface area contributed by atoms with Crippen molar-refractivity contribution in [1.82, 2.24) is 10.2 Å². The van der Waals surface area contributed by atoms with E-state index >= 15 is 0 Å². The average Bonchev–Trinajstić information content (AvgIpc) is 2.12. The number of esters is 1. The van der Waals surface area contributed by atoms with Crippen LogP contribution in [-0.2, 0) is 19.1 Å². The lowest BCUT2D eigenvalue weighted by molar-refractivity contribution is -0.163. The lowest BCUT2D eigenvalue weighted by Gasteiger charge is -2.37. The third-order valence-corrected chi connectivity index (χ3v) is 2.42. The minimum Gasteiger partial charge on any atom is -0.467 e. The van der Waals surface area contributed by atoms with Crippen LogP contribution in [0.1, 0.15) is 6.92 Å². The number of hydrogen-bond acceptors (Lipinski definition) is 5. The van der Waals surface area contributed by atoms with E-state index in [4.69, 9.17) is 0 Å². The quantitative estimate of drug-likeness (QED) is 0.317. The Morgan fingerprint density at radius 2 is 2.14 bits per heavy atom. The van der Waals surface area contributed by atoms with Crippen LogP contribution in [0.4, 0.5) is 0 Å². The molecule has 14 heavy (non-hydrogen) atoms. The van der Waals surface area contributed by atoms with Crippen LogP contribution < -0.4 is 5.32 Å². The van der Waals surface area contributed by atoms with E-state index in [-0.39, 0.29) is 6.54 Å². The molecule has 6 nitrogen and oxygen atoms in total. The van der Waals surface area contributed by atoms with Crippen molar-refractivity contribution in [2.24, 2.45) is 0 Å². The topological polar surface area (TPSA) is 75.7 Å². The zero-order valence-electron chi connectivity index (χ0n) is 8.29. The van der Waals surface area contributed by atoms with Crippen LogP contribution >= 0.6 is 0 Å². The van der Waals surface area contributed by atoms with Gasteiger partial charge in [0.05, 0.1) is 13.7 Å². The van der Waals surface area contributed by atoms with E-state index in [0.29, 0.717) is 0 Å². The zero-order valence-corrected chi connectivity index (χ0v) is 8.29. The first-order chi connectivity index (χ1) is 6.42. The summed E-state index contributed by atoms with van der Waals surface area (Å²) in [6.45, 7) is 1.41. The predicted octanol–water partition coefficient (Wildman–Crippen LogP) is -1.49. The van der Waals surface area contributed by atoms with Crippen LogP contribution in [0.3, 0.4) is 0 Å². The van der Waals surface area contributed by atoms with E-state index < -0.39 is 23.3 Å². The van der Waals surface area contributed by atoms with Gasteiger partial charge in [0, 0.05) is 0 Å². The Labute approximate surface area is 81.2 Å². The molecule has 0 saturated carbocycles. The van der Waals surface area contributed by atoms with Gasteiger partial charge in [-0.15, -0.1) is 0 Å². The van der Waals surface area contributed by atoms with Crippen molar-refractivity contribution < 1.29 is 19.1 Å². The molecule has 1 unspecified atom stereocenters. The first-order valence-corrected chi connectivity index (χ1v) is 4.07. The molecule has 0 aromatic carbocycles. The summed E-state index contributed by atoms with van der Waals surface area (Å²) in [5.41, 5.74) is -1.41. The number of likely N-dealkylation sites (N-methyl/N-ethyl adjacent to an activating group) is 1. The molecule has 0 aromatic rings. The molecule has 0 spiro atoms. The van der Waals surface area contributed by atoms with Crippen molar-refractivity contribution in [2.75, 3.05) is 20.7 Å². The smallest absolute Gasteiger partial charge is 0.335 e. The van der Waals surface area contributed by atoms with Crippen LogP contribution in [0.5, 0.6) is 0 Å². The fourth-order valence-electron chi connectivity index (χ4n) is 1.28. The molecule has 6 heteroatoms. The SMILES string of the molecule is COC(=O)C1(C)C(=O)NC(=O)CN1C. The summed E-state index contributed by atoms with van der Waals surface area (Å²) >= 11 is 0. The van der Waals surface area contributed by atoms with E-state index in [2.05, 4.69) is 10.1 Å². The molecule has 78 valence electrons. The molecule has 1 aliphatic heterocycles. The first-order valence-electron chi connectivity index (χ1n) is 4.07. The Bertz CT molecular complexity index is 302. The number of piperazine rings is 1. The van der Waals surface area contributed by atoms with Gasteiger partial charge in [0.2, 0.25) is 5.91 Å². The van der Waals surface area contributed by atoms with Crippen molar-refractivity contribution in [3.8, 4) is 0 Å². The lowest BCUT2D eigenvalue weighted by Crippen LogP contribution is -2.67. The number of carbonyl (C=O) groups is 3. The summed E-state index contributed by atoms with van der Waals surface area (Å²) in [5.74, 6) is -1.74. The largest absolute Gasteiger partial charge is 0.467 e. The van der Waals surface area contributed by atoms with Gasteiger partial charge >= 0.3 is 5.97 Å². The van der Waals surface area contributed by atoms with Crippen LogP contribution in [0.2, 0.25) is 0 Å². The second kappa shape index (κ2) is 3.38. The molecule has 0 aliphatic carbocycles. The average molecular weight is 200 g/mol. The molecule has 1 heterocycles. The molecule has 0 bridgehead atoms. The number of nitrogens with one attached hydrogen (secondary N) is 1. The molecule has 1 saturated heterocycles. The van der Waals surface area contributed by atoms with Gasteiger partial charge < -0.3 is 4.74 Å². The monoisotopic (exact) mass is 200 g/mol. The van der Waals surface area contributed by atoms with E-state index in [1.807, 2.05) is 0 Å². The Balaban J connectivity index is 3.01. The summed E-state index contributed by atoms with van der Waals surface area (Å²) in [5, 5.41) is 2.10. The molecule has 1 atom stereocenters. The molecule has 1 fully saturated rings. The predicted molar refractivity (Wildman–Crippen MR) is 46.2 cm³/mol. The van der Waals surface area contributed by atoms with Crippen LogP contribution in [0.15, 0.2) is 0 Å². The minimum absolute atomic E-state index is 0.00264. The van der Waals surface area contributed by atoms with Gasteiger partial charge in [0.15, 0.2) is 5.54 Å². The second-order valence-corrected chi connectivity index (χ2v) is 3.30. The summed E-state index contributed by atoms with van der Waals surface area (Å²) in [4.78, 5) is 35.2. The molecule has 2 amide bonds. The van der Waals surface area contributed by atoms with Crippen molar-refractivity contribution >= 4 is 17.8 Å². The van der Waals surface area contributed by atoms with Crippen molar-refractivity contribution in [3.63, 3.8) is 0 Å². The Morgan fingerprint density at radius 1 is 1.57 bits per heavy atom. The maximum absolute atomic E-state index is 11.5. The van der Waals surface area contributed by atoms with Gasteiger partial charge in [0.25, 0.3) is 5.91 Å². The number of hydrogen-bond donors (Lipinski definition) is 1. The third-order valence-electron chi connectivity index (χ3n) is 2.42. The molecule has 1 aliphatic rings. The van der Waals surface area contributed by atoms with E-state index in [0.717, 1.165) is 0 Å². The van der Waals surface area contributed by atoms with Crippen LogP contribution in [-0.4, -0.2) is 48.9 Å². The van der Waals surface area contributed by atoms with E-state index in [9.17, 15) is 14.4 Å². The van der Waals surface area contributed by atoms with E-state index in [1.165, 1.54) is 26.0 Å². The lowest BCUT2D eigenvalue weighted by atomic mass is 9.97. The molecule has 1 rings (SSSR count). The maximum Gasteiger partial charge on any atom is 0.335 e. The molecular weight excluding hydrogens is 188 g/mol. The summed E-state index contributed by atoms with van der Waals surface area (Å²) in [6, 6.07) is 0. The molecule has 0 aromatic heterocycles. The van der Waals surface area contributed by atoms with Crippen molar-refractivity contribution in [1.29, 1.82) is 0 Å². The van der Waals surface area contributed by atoms with Crippen LogP contribution in [0, 0.1) is 0 Å². The second-order valence-electron chi connectivity index (χ2n) is 3.30. The Hall–Kier alpha value is -1.43. The van der Waals surface area contributed by atoms with Gasteiger partial charge in [-0.1, -0.05) is 0 Å². The number of nitrogens with zero attached hydrogens (tertiary/aromatic N) is 1. The number of amides is 2. The molecule has 0 radical (unpaired) electrons. The third kappa shape index (κ3) is 1.37. The highest BCUT2D eigenvalue weighted by atomic mass is 16.5. The van der Waals surface area contributed by atoms with Gasteiger partial charge in [-0.3, -0.25) is 19.8 Å². The number of ether oxygens (including phenoxy) is 1. The standard InChI is InChI=1S/C8H12N2O4/c1-8(7(13)14-3)6(12)9-5(11)4-10(8)2/h4H2,1-3H3,(H,9,11,12). The number of carbonyl (C=O) groups excluding carboxylic acids is 3. The fraction of sp³-hybridized carbons (Fsp3) is 0.625. The van der Waals surface area contributed by atoms with Gasteiger partial charge in [-0.05, 0) is 14.0 Å². The minimum atomic E-state index is -1.41. The summed E-state index contributed by atoms with van der Waals surface area (Å²) in [7, 11) is 2.72. The van der Waals surface area contributed by atoms with Gasteiger partial charge in [-0.25, -0.2) is 4.79 Å². The highest BCUT2D eigenvalue weighted by Gasteiger charge is 2.50. The van der Waals surface area contributed by atoms with Gasteiger partial charge in [0.1, 0.15) is 0 Å². The van der Waals surface area contributed by atoms with Gasteiger partial charge in [-0.2, -0.15) is 0 Å². The number of methoxy groups -OCH3 is 1. The van der Waals surface area contributed by atoms with Crippen LogP contribution in [0.25, 0.3) is 0 Å². The highest BCUT2D eigenvalue weighted by Crippen LogP contribution is 2.18. The summed E-state index contributed by atoms with van der Waals surface area (Å²) < 4.78 is 4.52. The van der Waals surface area contributed by atoms with Crippen molar-refractivity contribution in [2.45, 2.75) is 12.5 Å². The Kier molecular flexibility index (Phi) is 2.57. The van der Waals surface area contributed by atoms with Crippen molar-refractivity contribution in [3.05, 3.63) is 0 Å². The maximum atomic E-state index is 11.5. The number of imide groups is 1. The highest BCUT2D eigenvalue weighted by molar-refractivity contribution is 6.14. The Morgan fingerprint density at radius 3 is 2.57 bits per heavy atom. The first kappa shape index (κ1) is 10.6. The molecule has 1 N–H and O–H groups in total. The number of rotatable bonds is 1. The zero-order chi connectivity index (χ0) is 10.9. The fourth-order valence-corrected chi connectivity index (χ4v) is 1.28. The molecular formula is C8H12N2O4.